The molecule has 24 heavy (non-hydrogen) atoms. The van der Waals surface area contributed by atoms with Gasteiger partial charge in [-0.3, -0.25) is 4.39 Å². The summed E-state index contributed by atoms with van der Waals surface area (Å²) in [5, 5.41) is 1.96. The molecule has 0 atom stereocenters. The molecule has 0 saturated heterocycles. The Hall–Kier alpha value is -1.46. The summed E-state index contributed by atoms with van der Waals surface area (Å²) < 4.78 is 12.6. The number of thioether (sulfide) groups is 1. The van der Waals surface area contributed by atoms with Crippen LogP contribution in [0.3, 0.4) is 0 Å². The van der Waals surface area contributed by atoms with E-state index < -0.39 is 0 Å². The van der Waals surface area contributed by atoms with Crippen LogP contribution in [-0.4, -0.2) is 22.4 Å². The molecule has 3 aromatic rings. The summed E-state index contributed by atoms with van der Waals surface area (Å²) in [6.45, 7) is 6.22. The van der Waals surface area contributed by atoms with Gasteiger partial charge in [-0.1, -0.05) is 45.0 Å². The Morgan fingerprint density at radius 2 is 1.92 bits per heavy atom. The predicted octanol–water partition coefficient (Wildman–Crippen LogP) is 6.11. The topological polar surface area (TPSA) is 25.8 Å². The number of hydrogen-bond donors (Lipinski definition) is 0. The van der Waals surface area contributed by atoms with Crippen molar-refractivity contribution in [2.75, 3.05) is 12.4 Å². The highest BCUT2D eigenvalue weighted by Crippen LogP contribution is 2.42. The molecule has 0 radical (unpaired) electrons. The van der Waals surface area contributed by atoms with Gasteiger partial charge in [-0.15, -0.1) is 23.1 Å². The monoisotopic (exact) mass is 360 g/mol. The fourth-order valence-corrected chi connectivity index (χ4v) is 4.69. The van der Waals surface area contributed by atoms with E-state index in [0.717, 1.165) is 21.7 Å². The third-order valence-corrected chi connectivity index (χ3v) is 6.21. The van der Waals surface area contributed by atoms with Crippen LogP contribution in [-0.2, 0) is 6.42 Å². The SMILES string of the molecule is CCc1sc2ncnc(SCCF)c2c1-c1ccc(C(C)C)cc1. The Balaban J connectivity index is 2.17. The van der Waals surface area contributed by atoms with Gasteiger partial charge in [0, 0.05) is 16.2 Å². The van der Waals surface area contributed by atoms with Crippen LogP contribution in [0.4, 0.5) is 4.39 Å². The van der Waals surface area contributed by atoms with Crippen molar-refractivity contribution in [3.63, 3.8) is 0 Å². The number of alkyl halides is 1. The average molecular weight is 361 g/mol. The van der Waals surface area contributed by atoms with Crippen molar-refractivity contribution in [1.82, 2.24) is 9.97 Å². The highest BCUT2D eigenvalue weighted by Gasteiger charge is 2.18. The molecule has 3 rings (SSSR count). The van der Waals surface area contributed by atoms with Gasteiger partial charge in [0.25, 0.3) is 0 Å². The Bertz CT molecular complexity index is 825. The lowest BCUT2D eigenvalue weighted by atomic mass is 9.97. The first-order valence-corrected chi connectivity index (χ1v) is 10.0. The van der Waals surface area contributed by atoms with Gasteiger partial charge in [0.15, 0.2) is 0 Å². The van der Waals surface area contributed by atoms with Crippen LogP contribution >= 0.6 is 23.1 Å². The zero-order chi connectivity index (χ0) is 17.1. The van der Waals surface area contributed by atoms with Gasteiger partial charge in [-0.05, 0) is 23.5 Å². The van der Waals surface area contributed by atoms with Gasteiger partial charge < -0.3 is 0 Å². The van der Waals surface area contributed by atoms with Gasteiger partial charge in [-0.2, -0.15) is 0 Å². The number of aryl methyl sites for hydroxylation is 1. The third kappa shape index (κ3) is 3.33. The molecule has 0 aliphatic heterocycles. The van der Waals surface area contributed by atoms with Crippen LogP contribution < -0.4 is 0 Å². The Morgan fingerprint density at radius 1 is 1.17 bits per heavy atom. The molecule has 0 unspecified atom stereocenters. The Labute approximate surface area is 150 Å². The van der Waals surface area contributed by atoms with Crippen molar-refractivity contribution >= 4 is 33.3 Å². The number of benzene rings is 1. The molecule has 2 aromatic heterocycles. The fraction of sp³-hybridized carbons (Fsp3) is 0.368. The molecule has 2 heterocycles. The summed E-state index contributed by atoms with van der Waals surface area (Å²) in [4.78, 5) is 11.2. The number of thiophene rings is 1. The van der Waals surface area contributed by atoms with E-state index in [2.05, 4.69) is 55.0 Å². The lowest BCUT2D eigenvalue weighted by Gasteiger charge is -2.09. The molecule has 126 valence electrons. The van der Waals surface area contributed by atoms with Crippen molar-refractivity contribution in [3.05, 3.63) is 41.0 Å². The number of rotatable bonds is 6. The zero-order valence-electron chi connectivity index (χ0n) is 14.2. The maximum Gasteiger partial charge on any atom is 0.128 e. The van der Waals surface area contributed by atoms with Crippen molar-refractivity contribution < 1.29 is 4.39 Å². The molecule has 0 spiro atoms. The number of aromatic nitrogens is 2. The van der Waals surface area contributed by atoms with Gasteiger partial charge in [0.1, 0.15) is 16.2 Å². The van der Waals surface area contributed by atoms with E-state index in [1.165, 1.54) is 33.3 Å². The normalized spacial score (nSPS) is 11.5. The highest BCUT2D eigenvalue weighted by molar-refractivity contribution is 7.99. The van der Waals surface area contributed by atoms with Crippen LogP contribution in [0, 0.1) is 0 Å². The van der Waals surface area contributed by atoms with Crippen LogP contribution in [0.1, 0.15) is 37.1 Å². The van der Waals surface area contributed by atoms with Crippen LogP contribution in [0.5, 0.6) is 0 Å². The maximum atomic E-state index is 12.6. The van der Waals surface area contributed by atoms with Crippen molar-refractivity contribution in [2.45, 2.75) is 38.1 Å². The summed E-state index contributed by atoms with van der Waals surface area (Å²) in [5.74, 6) is 0.942. The molecule has 0 amide bonds. The molecule has 5 heteroatoms. The lowest BCUT2D eigenvalue weighted by molar-refractivity contribution is 0.532. The minimum atomic E-state index is -0.348. The Morgan fingerprint density at radius 3 is 2.54 bits per heavy atom. The minimum absolute atomic E-state index is 0.348. The van der Waals surface area contributed by atoms with Crippen LogP contribution in [0.25, 0.3) is 21.3 Å². The maximum absolute atomic E-state index is 12.6. The van der Waals surface area contributed by atoms with Crippen molar-refractivity contribution in [3.8, 4) is 11.1 Å². The molecule has 0 aliphatic rings. The van der Waals surface area contributed by atoms with Crippen molar-refractivity contribution in [1.29, 1.82) is 0 Å². The second-order valence-corrected chi connectivity index (χ2v) is 8.09. The first kappa shape index (κ1) is 17.4. The van der Waals surface area contributed by atoms with Crippen LogP contribution in [0.2, 0.25) is 0 Å². The van der Waals surface area contributed by atoms with Gasteiger partial charge in [-0.25, -0.2) is 9.97 Å². The Kier molecular flexibility index (Phi) is 5.51. The van der Waals surface area contributed by atoms with E-state index in [4.69, 9.17) is 0 Å². The molecular weight excluding hydrogens is 339 g/mol. The molecule has 2 nitrogen and oxygen atoms in total. The molecule has 0 aliphatic carbocycles. The van der Waals surface area contributed by atoms with E-state index in [0.29, 0.717) is 11.7 Å². The summed E-state index contributed by atoms with van der Waals surface area (Å²) >= 11 is 3.19. The van der Waals surface area contributed by atoms with E-state index in [1.54, 1.807) is 17.7 Å². The third-order valence-electron chi connectivity index (χ3n) is 4.03. The molecule has 0 saturated carbocycles. The lowest BCUT2D eigenvalue weighted by Crippen LogP contribution is -1.91. The van der Waals surface area contributed by atoms with E-state index in [-0.39, 0.29) is 6.67 Å². The van der Waals surface area contributed by atoms with Gasteiger partial charge in [0.2, 0.25) is 0 Å². The zero-order valence-corrected chi connectivity index (χ0v) is 15.8. The number of nitrogens with zero attached hydrogens (tertiary/aromatic N) is 2. The largest absolute Gasteiger partial charge is 0.250 e. The predicted molar refractivity (Wildman–Crippen MR) is 103 cm³/mol. The first-order chi connectivity index (χ1) is 11.7. The molecule has 1 aromatic carbocycles. The second-order valence-electron chi connectivity index (χ2n) is 5.93. The van der Waals surface area contributed by atoms with E-state index in [1.807, 2.05) is 0 Å². The molecule has 0 bridgehead atoms. The summed E-state index contributed by atoms with van der Waals surface area (Å²) in [5.41, 5.74) is 3.74. The van der Waals surface area contributed by atoms with Gasteiger partial charge >= 0.3 is 0 Å². The van der Waals surface area contributed by atoms with E-state index in [9.17, 15) is 4.39 Å². The number of halogens is 1. The smallest absolute Gasteiger partial charge is 0.128 e. The van der Waals surface area contributed by atoms with Crippen molar-refractivity contribution in [2.24, 2.45) is 0 Å². The summed E-state index contributed by atoms with van der Waals surface area (Å²) in [7, 11) is 0. The van der Waals surface area contributed by atoms with Gasteiger partial charge in [0.05, 0.1) is 12.1 Å². The summed E-state index contributed by atoms with van der Waals surface area (Å²) in [6.07, 6.45) is 2.54. The molecule has 0 fully saturated rings. The fourth-order valence-electron chi connectivity index (χ4n) is 2.79. The highest BCUT2D eigenvalue weighted by atomic mass is 32.2. The molecular formula is C19H21FN2S2. The van der Waals surface area contributed by atoms with E-state index >= 15 is 0 Å². The first-order valence-electron chi connectivity index (χ1n) is 8.21. The standard InChI is InChI=1S/C19H21FN2S2/c1-4-15-16(14-7-5-13(6-8-14)12(2)3)17-18(23-10-9-20)21-11-22-19(17)24-15/h5-8,11-12H,4,9-10H2,1-3H3. The second kappa shape index (κ2) is 7.62. The number of fused-ring (bicyclic) bond motifs is 1. The number of hydrogen-bond acceptors (Lipinski definition) is 4. The minimum Gasteiger partial charge on any atom is -0.250 e. The summed E-state index contributed by atoms with van der Waals surface area (Å²) in [6, 6.07) is 8.77. The molecule has 0 N–H and O–H groups in total. The average Bonchev–Trinajstić information content (AvgIpc) is 2.99. The quantitative estimate of drug-likeness (QED) is 0.392. The van der Waals surface area contributed by atoms with Crippen LogP contribution in [0.15, 0.2) is 35.6 Å².